The van der Waals surface area contributed by atoms with Crippen LogP contribution in [0, 0.1) is 0 Å². The highest BCUT2D eigenvalue weighted by Crippen LogP contribution is 2.48. The second-order valence-electron chi connectivity index (χ2n) is 4.83. The molecular weight excluding hydrogens is 238 g/mol. The number of nitrogens with zero attached hydrogens (tertiary/aromatic N) is 2. The molecule has 100 valence electrons. The van der Waals surface area contributed by atoms with Gasteiger partial charge < -0.3 is 5.73 Å². The molecule has 1 aromatic rings. The number of hydrogen-bond acceptors (Lipinski definition) is 2. The second kappa shape index (κ2) is 5.26. The zero-order valence-electron chi connectivity index (χ0n) is 11.6. The van der Waals surface area contributed by atoms with Crippen LogP contribution in [0.5, 0.6) is 0 Å². The zero-order valence-corrected chi connectivity index (χ0v) is 11.6. The fourth-order valence-electron chi connectivity index (χ4n) is 2.05. The summed E-state index contributed by atoms with van der Waals surface area (Å²) in [5.41, 5.74) is 9.31. The van der Waals surface area contributed by atoms with Crippen LogP contribution in [-0.2, 0) is 4.79 Å². The summed E-state index contributed by atoms with van der Waals surface area (Å²) in [4.78, 5) is 16.9. The summed E-state index contributed by atoms with van der Waals surface area (Å²) >= 11 is 0. The Hall–Kier alpha value is -2.10. The van der Waals surface area contributed by atoms with Gasteiger partial charge in [0.1, 0.15) is 0 Å². The molecule has 2 N–H and O–H groups in total. The summed E-state index contributed by atoms with van der Waals surface area (Å²) < 4.78 is 0. The number of carbonyl (C=O) groups excluding carboxylic acids is 1. The first kappa shape index (κ1) is 13.3. The predicted molar refractivity (Wildman–Crippen MR) is 76.6 cm³/mol. The molecule has 1 atom stereocenters. The molecule has 4 heteroatoms. The van der Waals surface area contributed by atoms with Crippen molar-refractivity contribution in [2.75, 3.05) is 7.05 Å². The molecule has 1 aliphatic rings. The molecule has 0 aliphatic heterocycles. The van der Waals surface area contributed by atoms with Crippen LogP contribution in [0.1, 0.15) is 31.7 Å². The van der Waals surface area contributed by atoms with Gasteiger partial charge in [-0.2, -0.15) is 0 Å². The maximum absolute atomic E-state index is 11.2. The largest absolute Gasteiger partial charge is 0.369 e. The number of benzene rings is 1. The molecule has 1 aromatic carbocycles. The van der Waals surface area contributed by atoms with E-state index in [1.807, 2.05) is 25.1 Å². The van der Waals surface area contributed by atoms with Crippen molar-refractivity contribution in [1.82, 2.24) is 4.90 Å². The molecule has 1 unspecified atom stereocenters. The van der Waals surface area contributed by atoms with E-state index in [9.17, 15) is 4.79 Å². The molecule has 1 amide bonds. The molecule has 1 saturated carbocycles. The van der Waals surface area contributed by atoms with E-state index in [4.69, 9.17) is 5.73 Å². The van der Waals surface area contributed by atoms with Crippen LogP contribution in [0.4, 0.5) is 0 Å². The molecule has 0 spiro atoms. The Morgan fingerprint density at radius 2 is 1.95 bits per heavy atom. The van der Waals surface area contributed by atoms with Gasteiger partial charge in [0.05, 0.1) is 0 Å². The van der Waals surface area contributed by atoms with Gasteiger partial charge >= 0.3 is 0 Å². The average Bonchev–Trinajstić information content (AvgIpc) is 3.19. The fraction of sp³-hybridized carbons (Fsp3) is 0.333. The molecule has 1 aliphatic carbocycles. The molecule has 1 fully saturated rings. The number of rotatable bonds is 2. The Bertz CT molecular complexity index is 546. The summed E-state index contributed by atoms with van der Waals surface area (Å²) in [6.45, 7) is 3.41. The van der Waals surface area contributed by atoms with E-state index in [1.165, 1.54) is 23.0 Å². The van der Waals surface area contributed by atoms with Gasteiger partial charge in [-0.25, -0.2) is 4.99 Å². The van der Waals surface area contributed by atoms with Crippen LogP contribution in [0.15, 0.2) is 46.6 Å². The summed E-state index contributed by atoms with van der Waals surface area (Å²) in [6.07, 6.45) is 1.02. The van der Waals surface area contributed by atoms with Gasteiger partial charge in [0.2, 0.25) is 11.9 Å². The van der Waals surface area contributed by atoms with Gasteiger partial charge in [-0.1, -0.05) is 30.3 Å². The van der Waals surface area contributed by atoms with Crippen molar-refractivity contribution >= 4 is 11.9 Å². The van der Waals surface area contributed by atoms with Crippen LogP contribution in [0.2, 0.25) is 0 Å². The lowest BCUT2D eigenvalue weighted by Crippen LogP contribution is -2.37. The Kier molecular flexibility index (Phi) is 3.69. The van der Waals surface area contributed by atoms with Crippen molar-refractivity contribution < 1.29 is 4.79 Å². The van der Waals surface area contributed by atoms with Gasteiger partial charge in [-0.3, -0.25) is 9.69 Å². The second-order valence-corrected chi connectivity index (χ2v) is 4.83. The monoisotopic (exact) mass is 257 g/mol. The summed E-state index contributed by atoms with van der Waals surface area (Å²) in [6, 6.07) is 10.4. The van der Waals surface area contributed by atoms with Crippen LogP contribution in [0.3, 0.4) is 0 Å². The topological polar surface area (TPSA) is 58.7 Å². The summed E-state index contributed by atoms with van der Waals surface area (Å²) in [5, 5.41) is 0. The molecule has 19 heavy (non-hydrogen) atoms. The highest BCUT2D eigenvalue weighted by Gasteiger charge is 2.33. The maximum atomic E-state index is 11.2. The van der Waals surface area contributed by atoms with E-state index in [2.05, 4.69) is 17.1 Å². The van der Waals surface area contributed by atoms with Crippen molar-refractivity contribution in [2.24, 2.45) is 10.7 Å². The Balaban J connectivity index is 2.14. The molecule has 0 aromatic heterocycles. The molecule has 0 heterocycles. The van der Waals surface area contributed by atoms with Crippen LogP contribution >= 0.6 is 0 Å². The van der Waals surface area contributed by atoms with Crippen molar-refractivity contribution in [3.63, 3.8) is 0 Å². The third-order valence-electron chi connectivity index (χ3n) is 3.45. The number of aliphatic imine (C=N–C) groups is 1. The number of allylic oxidation sites excluding steroid dienone is 2. The lowest BCUT2D eigenvalue weighted by molar-refractivity contribution is -0.124. The van der Waals surface area contributed by atoms with Gasteiger partial charge in [-0.05, 0) is 24.5 Å². The first-order valence-electron chi connectivity index (χ1n) is 6.33. The van der Waals surface area contributed by atoms with Gasteiger partial charge in [-0.15, -0.1) is 0 Å². The molecule has 0 bridgehead atoms. The van der Waals surface area contributed by atoms with E-state index < -0.39 is 0 Å². The van der Waals surface area contributed by atoms with E-state index in [0.717, 1.165) is 12.1 Å². The molecule has 0 saturated heterocycles. The zero-order chi connectivity index (χ0) is 14.0. The van der Waals surface area contributed by atoms with Crippen molar-refractivity contribution in [2.45, 2.75) is 26.2 Å². The Morgan fingerprint density at radius 3 is 2.53 bits per heavy atom. The van der Waals surface area contributed by atoms with Crippen molar-refractivity contribution in [1.29, 1.82) is 0 Å². The highest BCUT2D eigenvalue weighted by atomic mass is 16.2. The third-order valence-corrected chi connectivity index (χ3v) is 3.45. The SMILES string of the molecule is CC(=O)N(C)C(N)=N/C(C)=C1/CC1c1ccccc1. The molecule has 2 rings (SSSR count). The summed E-state index contributed by atoms with van der Waals surface area (Å²) in [7, 11) is 1.63. The van der Waals surface area contributed by atoms with Gasteiger partial charge in [0.15, 0.2) is 0 Å². The van der Waals surface area contributed by atoms with Crippen LogP contribution in [0.25, 0.3) is 0 Å². The van der Waals surface area contributed by atoms with E-state index >= 15 is 0 Å². The molecular formula is C15H19N3O. The lowest BCUT2D eigenvalue weighted by Gasteiger charge is -2.13. The first-order chi connectivity index (χ1) is 9.00. The number of amides is 1. The quantitative estimate of drug-likeness (QED) is 0.652. The van der Waals surface area contributed by atoms with Gasteiger partial charge in [0.25, 0.3) is 0 Å². The minimum Gasteiger partial charge on any atom is -0.369 e. The number of carbonyl (C=O) groups is 1. The van der Waals surface area contributed by atoms with Crippen LogP contribution < -0.4 is 5.73 Å². The van der Waals surface area contributed by atoms with E-state index in [-0.39, 0.29) is 11.9 Å². The number of guanidine groups is 1. The summed E-state index contributed by atoms with van der Waals surface area (Å²) in [5.74, 6) is 0.589. The Morgan fingerprint density at radius 1 is 1.32 bits per heavy atom. The standard InChI is InChI=1S/C15H19N3O/c1-10(17-15(16)18(3)11(2)19)13-9-14(13)12-7-5-4-6-8-12/h4-8,14H,9H2,1-3H3,(H2,16,17)/b13-10-. The highest BCUT2D eigenvalue weighted by molar-refractivity contribution is 5.95. The molecule has 4 nitrogen and oxygen atoms in total. The van der Waals surface area contributed by atoms with Crippen molar-refractivity contribution in [3.8, 4) is 0 Å². The fourth-order valence-corrected chi connectivity index (χ4v) is 2.05. The number of hydrogen-bond donors (Lipinski definition) is 1. The molecule has 0 radical (unpaired) electrons. The van der Waals surface area contributed by atoms with Gasteiger partial charge in [0, 0.05) is 25.6 Å². The minimum atomic E-state index is -0.116. The van der Waals surface area contributed by atoms with E-state index in [0.29, 0.717) is 5.92 Å². The first-order valence-corrected chi connectivity index (χ1v) is 6.33. The average molecular weight is 257 g/mol. The smallest absolute Gasteiger partial charge is 0.225 e. The third kappa shape index (κ3) is 3.02. The predicted octanol–water partition coefficient (Wildman–Crippen LogP) is 2.24. The number of nitrogens with two attached hydrogens (primary N) is 1. The normalized spacial score (nSPS) is 21.0. The lowest BCUT2D eigenvalue weighted by atomic mass is 10.1. The van der Waals surface area contributed by atoms with E-state index in [1.54, 1.807) is 7.05 Å². The van der Waals surface area contributed by atoms with Crippen molar-refractivity contribution in [3.05, 3.63) is 47.2 Å². The van der Waals surface area contributed by atoms with Crippen LogP contribution in [-0.4, -0.2) is 23.8 Å². The Labute approximate surface area is 113 Å². The minimum absolute atomic E-state index is 0.116. The maximum Gasteiger partial charge on any atom is 0.225 e.